The highest BCUT2D eigenvalue weighted by molar-refractivity contribution is 5.05. The lowest BCUT2D eigenvalue weighted by Gasteiger charge is -2.19. The molecule has 0 aliphatic heterocycles. The number of oxazole rings is 1. The van der Waals surface area contributed by atoms with Crippen molar-refractivity contribution < 1.29 is 14.3 Å². The molecule has 0 saturated carbocycles. The number of aliphatic hydroxyl groups is 1. The molecular formula is C13H24N2O3. The Labute approximate surface area is 109 Å². The summed E-state index contributed by atoms with van der Waals surface area (Å²) in [4.78, 5) is 6.34. The Kier molecular flexibility index (Phi) is 5.78. The van der Waals surface area contributed by atoms with Crippen molar-refractivity contribution >= 4 is 0 Å². The fourth-order valence-corrected chi connectivity index (χ4v) is 1.55. The van der Waals surface area contributed by atoms with Gasteiger partial charge in [-0.15, -0.1) is 0 Å². The smallest absolute Gasteiger partial charge is 0.208 e. The average molecular weight is 256 g/mol. The second-order valence-corrected chi connectivity index (χ2v) is 5.36. The second-order valence-electron chi connectivity index (χ2n) is 5.36. The SMILES string of the molecule is COCCN(CCO)Cc1ncc(C(C)(C)C)o1. The quantitative estimate of drug-likeness (QED) is 0.799. The minimum Gasteiger partial charge on any atom is -0.444 e. The number of methoxy groups -OCH3 is 1. The number of ether oxygens (including phenoxy) is 1. The van der Waals surface area contributed by atoms with Gasteiger partial charge >= 0.3 is 0 Å². The van der Waals surface area contributed by atoms with E-state index in [2.05, 4.69) is 30.7 Å². The highest BCUT2D eigenvalue weighted by Gasteiger charge is 2.19. The van der Waals surface area contributed by atoms with Gasteiger partial charge in [0.15, 0.2) is 0 Å². The van der Waals surface area contributed by atoms with Crippen LogP contribution < -0.4 is 0 Å². The molecule has 0 fully saturated rings. The molecule has 0 amide bonds. The molecule has 0 saturated heterocycles. The zero-order valence-electron chi connectivity index (χ0n) is 11.8. The van der Waals surface area contributed by atoms with E-state index in [-0.39, 0.29) is 12.0 Å². The molecule has 1 aromatic heterocycles. The van der Waals surface area contributed by atoms with Crippen LogP contribution in [0, 0.1) is 0 Å². The molecule has 0 unspecified atom stereocenters. The van der Waals surface area contributed by atoms with Crippen LogP contribution in [-0.2, 0) is 16.7 Å². The molecule has 0 aliphatic rings. The maximum Gasteiger partial charge on any atom is 0.208 e. The third kappa shape index (κ3) is 4.76. The topological polar surface area (TPSA) is 58.7 Å². The lowest BCUT2D eigenvalue weighted by atomic mass is 9.94. The van der Waals surface area contributed by atoms with Crippen LogP contribution in [0.2, 0.25) is 0 Å². The monoisotopic (exact) mass is 256 g/mol. The third-order valence-corrected chi connectivity index (χ3v) is 2.68. The number of aromatic nitrogens is 1. The Hall–Kier alpha value is -0.910. The Morgan fingerprint density at radius 1 is 1.39 bits per heavy atom. The van der Waals surface area contributed by atoms with Gasteiger partial charge in [-0.25, -0.2) is 4.98 Å². The van der Waals surface area contributed by atoms with Crippen molar-refractivity contribution in [3.8, 4) is 0 Å². The largest absolute Gasteiger partial charge is 0.444 e. The molecule has 5 heteroatoms. The van der Waals surface area contributed by atoms with E-state index in [1.165, 1.54) is 0 Å². The maximum atomic E-state index is 9.01. The summed E-state index contributed by atoms with van der Waals surface area (Å²) in [5, 5.41) is 9.01. The van der Waals surface area contributed by atoms with Gasteiger partial charge in [-0.3, -0.25) is 4.90 Å². The molecule has 0 atom stereocenters. The number of aliphatic hydroxyl groups excluding tert-OH is 1. The second kappa shape index (κ2) is 6.87. The molecule has 0 radical (unpaired) electrons. The van der Waals surface area contributed by atoms with E-state index >= 15 is 0 Å². The van der Waals surface area contributed by atoms with Gasteiger partial charge in [0.25, 0.3) is 0 Å². The van der Waals surface area contributed by atoms with Crippen molar-refractivity contribution in [3.05, 3.63) is 17.8 Å². The first-order chi connectivity index (χ1) is 8.47. The molecule has 0 aromatic carbocycles. The van der Waals surface area contributed by atoms with Crippen LogP contribution in [0.4, 0.5) is 0 Å². The van der Waals surface area contributed by atoms with E-state index in [1.54, 1.807) is 13.3 Å². The van der Waals surface area contributed by atoms with Crippen molar-refractivity contribution in [2.75, 3.05) is 33.4 Å². The third-order valence-electron chi connectivity index (χ3n) is 2.68. The molecule has 1 heterocycles. The Bertz CT molecular complexity index is 344. The summed E-state index contributed by atoms with van der Waals surface area (Å²) in [7, 11) is 1.67. The number of hydrogen-bond acceptors (Lipinski definition) is 5. The number of hydrogen-bond donors (Lipinski definition) is 1. The Morgan fingerprint density at radius 3 is 2.61 bits per heavy atom. The first-order valence-electron chi connectivity index (χ1n) is 6.24. The van der Waals surface area contributed by atoms with E-state index in [1.807, 2.05) is 0 Å². The first kappa shape index (κ1) is 15.1. The molecule has 18 heavy (non-hydrogen) atoms. The summed E-state index contributed by atoms with van der Waals surface area (Å²) >= 11 is 0. The van der Waals surface area contributed by atoms with Crippen LogP contribution in [0.25, 0.3) is 0 Å². The van der Waals surface area contributed by atoms with Crippen LogP contribution in [0.15, 0.2) is 10.6 Å². The number of rotatable bonds is 7. The summed E-state index contributed by atoms with van der Waals surface area (Å²) in [6, 6.07) is 0. The maximum absolute atomic E-state index is 9.01. The minimum atomic E-state index is -0.0282. The Balaban J connectivity index is 2.60. The van der Waals surface area contributed by atoms with Crippen LogP contribution >= 0.6 is 0 Å². The predicted molar refractivity (Wildman–Crippen MR) is 69.4 cm³/mol. The van der Waals surface area contributed by atoms with Crippen LogP contribution in [-0.4, -0.2) is 48.4 Å². The predicted octanol–water partition coefficient (Wildman–Crippen LogP) is 1.41. The van der Waals surface area contributed by atoms with Gasteiger partial charge in [0, 0.05) is 25.6 Å². The molecule has 0 spiro atoms. The van der Waals surface area contributed by atoms with E-state index in [0.29, 0.717) is 25.6 Å². The molecule has 104 valence electrons. The summed E-state index contributed by atoms with van der Waals surface area (Å²) in [5.74, 6) is 1.57. The summed E-state index contributed by atoms with van der Waals surface area (Å²) < 4.78 is 10.8. The summed E-state index contributed by atoms with van der Waals surface area (Å²) in [6.45, 7) is 8.97. The molecule has 0 bridgehead atoms. The molecule has 1 rings (SSSR count). The van der Waals surface area contributed by atoms with Gasteiger partial charge in [0.1, 0.15) is 5.76 Å². The average Bonchev–Trinajstić information content (AvgIpc) is 2.74. The van der Waals surface area contributed by atoms with Crippen molar-refractivity contribution in [2.24, 2.45) is 0 Å². The van der Waals surface area contributed by atoms with Crippen molar-refractivity contribution in [3.63, 3.8) is 0 Å². The standard InChI is InChI=1S/C13H24N2O3/c1-13(2,3)11-9-14-12(18-11)10-15(5-7-16)6-8-17-4/h9,16H,5-8,10H2,1-4H3. The lowest BCUT2D eigenvalue weighted by Crippen LogP contribution is -2.30. The summed E-state index contributed by atoms with van der Waals surface area (Å²) in [5.41, 5.74) is -0.0282. The van der Waals surface area contributed by atoms with Gasteiger partial charge in [-0.2, -0.15) is 0 Å². The van der Waals surface area contributed by atoms with Gasteiger partial charge in [0.05, 0.1) is 26.0 Å². The molecule has 5 nitrogen and oxygen atoms in total. The fourth-order valence-electron chi connectivity index (χ4n) is 1.55. The Morgan fingerprint density at radius 2 is 2.11 bits per heavy atom. The fraction of sp³-hybridized carbons (Fsp3) is 0.769. The molecular weight excluding hydrogens is 232 g/mol. The zero-order chi connectivity index (χ0) is 13.6. The lowest BCUT2D eigenvalue weighted by molar-refractivity contribution is 0.120. The molecule has 0 aliphatic carbocycles. The van der Waals surface area contributed by atoms with Crippen LogP contribution in [0.1, 0.15) is 32.4 Å². The van der Waals surface area contributed by atoms with E-state index in [9.17, 15) is 0 Å². The van der Waals surface area contributed by atoms with Gasteiger partial charge in [-0.05, 0) is 0 Å². The van der Waals surface area contributed by atoms with Gasteiger partial charge in [0.2, 0.25) is 5.89 Å². The first-order valence-corrected chi connectivity index (χ1v) is 6.24. The van der Waals surface area contributed by atoms with Crippen LogP contribution in [0.3, 0.4) is 0 Å². The highest BCUT2D eigenvalue weighted by Crippen LogP contribution is 2.22. The summed E-state index contributed by atoms with van der Waals surface area (Å²) in [6.07, 6.45) is 1.78. The normalized spacial score (nSPS) is 12.3. The van der Waals surface area contributed by atoms with E-state index in [0.717, 1.165) is 12.3 Å². The molecule has 1 aromatic rings. The minimum absolute atomic E-state index is 0.0282. The van der Waals surface area contributed by atoms with E-state index in [4.69, 9.17) is 14.3 Å². The van der Waals surface area contributed by atoms with Crippen molar-refractivity contribution in [1.29, 1.82) is 0 Å². The number of nitrogens with zero attached hydrogens (tertiary/aromatic N) is 2. The van der Waals surface area contributed by atoms with Gasteiger partial charge < -0.3 is 14.3 Å². The zero-order valence-corrected chi connectivity index (χ0v) is 11.8. The molecule has 1 N–H and O–H groups in total. The van der Waals surface area contributed by atoms with E-state index < -0.39 is 0 Å². The highest BCUT2D eigenvalue weighted by atomic mass is 16.5. The van der Waals surface area contributed by atoms with Gasteiger partial charge in [-0.1, -0.05) is 20.8 Å². The van der Waals surface area contributed by atoms with Crippen LogP contribution in [0.5, 0.6) is 0 Å². The van der Waals surface area contributed by atoms with Crippen molar-refractivity contribution in [2.45, 2.75) is 32.7 Å². The van der Waals surface area contributed by atoms with Crippen molar-refractivity contribution in [1.82, 2.24) is 9.88 Å².